The van der Waals surface area contributed by atoms with E-state index >= 15 is 0 Å². The van der Waals surface area contributed by atoms with Gasteiger partial charge < -0.3 is 10.6 Å². The van der Waals surface area contributed by atoms with Crippen molar-refractivity contribution < 1.29 is 22.4 Å². The third-order valence-electron chi connectivity index (χ3n) is 3.28. The average Bonchev–Trinajstić information content (AvgIpc) is 2.34. The molecule has 1 heterocycles. The quantitative estimate of drug-likeness (QED) is 0.840. The SMILES string of the molecule is CNC(CC(F)(F)F)c1cc2c(cc1F)NC(=O)CC2. The first kappa shape index (κ1) is 14.8. The Morgan fingerprint density at radius 3 is 2.65 bits per heavy atom. The minimum atomic E-state index is -4.38. The van der Waals surface area contributed by atoms with Crippen LogP contribution in [0.3, 0.4) is 0 Å². The monoisotopic (exact) mass is 290 g/mol. The van der Waals surface area contributed by atoms with Gasteiger partial charge in [0, 0.05) is 23.7 Å². The van der Waals surface area contributed by atoms with E-state index < -0.39 is 24.5 Å². The van der Waals surface area contributed by atoms with Crippen LogP contribution in [0, 0.1) is 5.82 Å². The molecule has 7 heteroatoms. The minimum absolute atomic E-state index is 0.0280. The van der Waals surface area contributed by atoms with E-state index in [2.05, 4.69) is 10.6 Å². The first-order chi connectivity index (χ1) is 9.30. The summed E-state index contributed by atoms with van der Waals surface area (Å²) in [6.45, 7) is 0. The molecule has 0 aromatic heterocycles. The molecule has 0 radical (unpaired) electrons. The van der Waals surface area contributed by atoms with Crippen molar-refractivity contribution in [3.05, 3.63) is 29.1 Å². The Labute approximate surface area is 113 Å². The molecule has 0 aliphatic carbocycles. The highest BCUT2D eigenvalue weighted by molar-refractivity contribution is 5.93. The molecule has 0 saturated heterocycles. The largest absolute Gasteiger partial charge is 0.390 e. The van der Waals surface area contributed by atoms with Gasteiger partial charge in [0.2, 0.25) is 5.91 Å². The summed E-state index contributed by atoms with van der Waals surface area (Å²) < 4.78 is 51.4. The van der Waals surface area contributed by atoms with Gasteiger partial charge in [-0.05, 0) is 31.2 Å². The summed E-state index contributed by atoms with van der Waals surface area (Å²) in [5.41, 5.74) is 0.965. The van der Waals surface area contributed by atoms with E-state index in [0.717, 1.165) is 6.07 Å². The molecule has 110 valence electrons. The Kier molecular flexibility index (Phi) is 3.99. The summed E-state index contributed by atoms with van der Waals surface area (Å²) in [6.07, 6.45) is -4.88. The van der Waals surface area contributed by atoms with Crippen molar-refractivity contribution in [2.75, 3.05) is 12.4 Å². The fourth-order valence-electron chi connectivity index (χ4n) is 2.29. The van der Waals surface area contributed by atoms with Gasteiger partial charge in [0.25, 0.3) is 0 Å². The second-order valence-electron chi connectivity index (χ2n) is 4.74. The first-order valence-corrected chi connectivity index (χ1v) is 6.16. The second-order valence-corrected chi connectivity index (χ2v) is 4.74. The first-order valence-electron chi connectivity index (χ1n) is 6.16. The number of fused-ring (bicyclic) bond motifs is 1. The van der Waals surface area contributed by atoms with Crippen molar-refractivity contribution in [1.82, 2.24) is 5.32 Å². The maximum atomic E-state index is 14.0. The number of amides is 1. The summed E-state index contributed by atoms with van der Waals surface area (Å²) in [7, 11) is 1.36. The number of aryl methyl sites for hydroxylation is 1. The number of anilines is 1. The lowest BCUT2D eigenvalue weighted by Crippen LogP contribution is -2.26. The van der Waals surface area contributed by atoms with Crippen LogP contribution in [0.4, 0.5) is 23.2 Å². The molecule has 20 heavy (non-hydrogen) atoms. The van der Waals surface area contributed by atoms with E-state index in [4.69, 9.17) is 0 Å². The maximum Gasteiger partial charge on any atom is 0.390 e. The van der Waals surface area contributed by atoms with Crippen LogP contribution in [-0.2, 0) is 11.2 Å². The molecule has 3 nitrogen and oxygen atoms in total. The van der Waals surface area contributed by atoms with Crippen molar-refractivity contribution in [1.29, 1.82) is 0 Å². The van der Waals surface area contributed by atoms with Crippen molar-refractivity contribution >= 4 is 11.6 Å². The van der Waals surface area contributed by atoms with Gasteiger partial charge in [-0.1, -0.05) is 0 Å². The molecule has 0 spiro atoms. The normalized spacial score (nSPS) is 16.6. The molecule has 1 aliphatic rings. The van der Waals surface area contributed by atoms with Crippen LogP contribution in [0.1, 0.15) is 30.0 Å². The Bertz CT molecular complexity index is 528. The van der Waals surface area contributed by atoms with Gasteiger partial charge in [-0.25, -0.2) is 4.39 Å². The highest BCUT2D eigenvalue weighted by Gasteiger charge is 2.33. The molecular formula is C13H14F4N2O. The number of benzene rings is 1. The fourth-order valence-corrected chi connectivity index (χ4v) is 2.29. The number of nitrogens with one attached hydrogen (secondary N) is 2. The average molecular weight is 290 g/mol. The minimum Gasteiger partial charge on any atom is -0.326 e. The maximum absolute atomic E-state index is 14.0. The molecule has 1 aromatic rings. The van der Waals surface area contributed by atoms with E-state index in [9.17, 15) is 22.4 Å². The van der Waals surface area contributed by atoms with Crippen LogP contribution in [0.2, 0.25) is 0 Å². The molecule has 1 unspecified atom stereocenters. The van der Waals surface area contributed by atoms with Crippen LogP contribution in [0.15, 0.2) is 12.1 Å². The predicted molar refractivity (Wildman–Crippen MR) is 65.8 cm³/mol. The Morgan fingerprint density at radius 1 is 1.35 bits per heavy atom. The summed E-state index contributed by atoms with van der Waals surface area (Å²) in [4.78, 5) is 11.2. The summed E-state index contributed by atoms with van der Waals surface area (Å²) >= 11 is 0. The molecule has 0 saturated carbocycles. The number of alkyl halides is 3. The fraction of sp³-hybridized carbons (Fsp3) is 0.462. The Hall–Kier alpha value is -1.63. The van der Waals surface area contributed by atoms with Gasteiger partial charge in [-0.15, -0.1) is 0 Å². The zero-order chi connectivity index (χ0) is 14.9. The van der Waals surface area contributed by atoms with E-state index in [-0.39, 0.29) is 17.9 Å². The Morgan fingerprint density at radius 2 is 2.05 bits per heavy atom. The van der Waals surface area contributed by atoms with Gasteiger partial charge in [-0.2, -0.15) is 13.2 Å². The Balaban J connectivity index is 2.34. The molecule has 0 fully saturated rings. The topological polar surface area (TPSA) is 41.1 Å². The molecule has 1 aromatic carbocycles. The van der Waals surface area contributed by atoms with E-state index in [1.165, 1.54) is 13.1 Å². The third-order valence-corrected chi connectivity index (χ3v) is 3.28. The van der Waals surface area contributed by atoms with Crippen LogP contribution < -0.4 is 10.6 Å². The van der Waals surface area contributed by atoms with Crippen molar-refractivity contribution in [3.63, 3.8) is 0 Å². The zero-order valence-electron chi connectivity index (χ0n) is 10.8. The van der Waals surface area contributed by atoms with Gasteiger partial charge in [0.15, 0.2) is 0 Å². The number of hydrogen-bond acceptors (Lipinski definition) is 2. The number of rotatable bonds is 3. The summed E-state index contributed by atoms with van der Waals surface area (Å²) in [5.74, 6) is -0.973. The molecule has 1 amide bonds. The number of hydrogen-bond donors (Lipinski definition) is 2. The van der Waals surface area contributed by atoms with Crippen LogP contribution in [0.5, 0.6) is 0 Å². The molecule has 1 atom stereocenters. The van der Waals surface area contributed by atoms with E-state index in [0.29, 0.717) is 17.7 Å². The van der Waals surface area contributed by atoms with Gasteiger partial charge in [0.05, 0.1) is 6.42 Å². The van der Waals surface area contributed by atoms with Gasteiger partial charge in [0.1, 0.15) is 5.82 Å². The lowest BCUT2D eigenvalue weighted by Gasteiger charge is -2.23. The lowest BCUT2D eigenvalue weighted by molar-refractivity contribution is -0.140. The van der Waals surface area contributed by atoms with Crippen molar-refractivity contribution in [2.45, 2.75) is 31.5 Å². The van der Waals surface area contributed by atoms with Crippen LogP contribution in [0.25, 0.3) is 0 Å². The van der Waals surface area contributed by atoms with Crippen LogP contribution >= 0.6 is 0 Å². The van der Waals surface area contributed by atoms with E-state index in [1.807, 2.05) is 0 Å². The second kappa shape index (κ2) is 5.40. The number of carbonyl (C=O) groups is 1. The third kappa shape index (κ3) is 3.27. The van der Waals surface area contributed by atoms with Crippen LogP contribution in [-0.4, -0.2) is 19.1 Å². The summed E-state index contributed by atoms with van der Waals surface area (Å²) in [5, 5.41) is 5.00. The standard InChI is InChI=1S/C13H14F4N2O/c1-18-11(6-13(15,16)17)8-4-7-2-3-12(20)19-10(7)5-9(8)14/h4-5,11,18H,2-3,6H2,1H3,(H,19,20). The molecule has 0 bridgehead atoms. The number of halogens is 4. The smallest absolute Gasteiger partial charge is 0.326 e. The molecular weight excluding hydrogens is 276 g/mol. The predicted octanol–water partition coefficient (Wildman–Crippen LogP) is 2.92. The van der Waals surface area contributed by atoms with Crippen molar-refractivity contribution in [3.8, 4) is 0 Å². The zero-order valence-corrected chi connectivity index (χ0v) is 10.8. The molecule has 1 aliphatic heterocycles. The molecule has 2 N–H and O–H groups in total. The van der Waals surface area contributed by atoms with Gasteiger partial charge in [-0.3, -0.25) is 4.79 Å². The highest BCUT2D eigenvalue weighted by atomic mass is 19.4. The van der Waals surface area contributed by atoms with Crippen molar-refractivity contribution in [2.24, 2.45) is 0 Å². The highest BCUT2D eigenvalue weighted by Crippen LogP contribution is 2.34. The van der Waals surface area contributed by atoms with Gasteiger partial charge >= 0.3 is 6.18 Å². The lowest BCUT2D eigenvalue weighted by atomic mass is 9.95. The summed E-state index contributed by atoms with van der Waals surface area (Å²) in [6, 6.07) is 1.34. The number of carbonyl (C=O) groups excluding carboxylic acids is 1. The molecule has 2 rings (SSSR count). The van der Waals surface area contributed by atoms with E-state index in [1.54, 1.807) is 0 Å².